The first-order valence-electron chi connectivity index (χ1n) is 7.95. The van der Waals surface area contributed by atoms with Gasteiger partial charge in [0.15, 0.2) is 11.6 Å². The van der Waals surface area contributed by atoms with Crippen LogP contribution in [-0.4, -0.2) is 92.4 Å². The van der Waals surface area contributed by atoms with Gasteiger partial charge < -0.3 is 41.5 Å². The molecule has 14 nitrogen and oxygen atoms in total. The Morgan fingerprint density at radius 1 is 0.966 bits per heavy atom. The number of carboxylic acids is 2. The summed E-state index contributed by atoms with van der Waals surface area (Å²) in [6.07, 6.45) is -2.67. The highest BCUT2D eigenvalue weighted by atomic mass is 16.6. The van der Waals surface area contributed by atoms with E-state index in [1.54, 1.807) is 5.32 Å². The summed E-state index contributed by atoms with van der Waals surface area (Å²) in [6, 6.07) is -1.86. The van der Waals surface area contributed by atoms with Crippen molar-refractivity contribution in [3.8, 4) is 0 Å². The van der Waals surface area contributed by atoms with Crippen LogP contribution in [0.2, 0.25) is 0 Å². The summed E-state index contributed by atoms with van der Waals surface area (Å²) in [5.74, 6) is -9.25. The van der Waals surface area contributed by atoms with Crippen LogP contribution in [0.5, 0.6) is 0 Å². The lowest BCUT2D eigenvalue weighted by Gasteiger charge is -2.45. The van der Waals surface area contributed by atoms with E-state index in [4.69, 9.17) is 10.5 Å². The van der Waals surface area contributed by atoms with E-state index in [1.807, 2.05) is 5.32 Å². The number of nitrogens with one attached hydrogen (secondary N) is 2. The molecule has 0 saturated carbocycles. The van der Waals surface area contributed by atoms with Crippen LogP contribution in [-0.2, 0) is 33.5 Å². The van der Waals surface area contributed by atoms with Gasteiger partial charge in [0.25, 0.3) is 0 Å². The van der Waals surface area contributed by atoms with Crippen molar-refractivity contribution in [2.24, 2.45) is 5.73 Å². The Morgan fingerprint density at radius 3 is 1.76 bits per heavy atom. The quantitative estimate of drug-likeness (QED) is 0.157. The topological polar surface area (TPSA) is 243 Å². The van der Waals surface area contributed by atoms with E-state index in [0.717, 1.165) is 20.8 Å². The van der Waals surface area contributed by atoms with Crippen molar-refractivity contribution in [2.75, 3.05) is 13.2 Å². The molecule has 0 aliphatic rings. The maximum atomic E-state index is 12.9. The van der Waals surface area contributed by atoms with Gasteiger partial charge in [-0.1, -0.05) is 0 Å². The molecule has 0 rings (SSSR count). The molecule has 0 heterocycles. The van der Waals surface area contributed by atoms with E-state index in [1.165, 1.54) is 0 Å². The van der Waals surface area contributed by atoms with Crippen molar-refractivity contribution in [1.29, 1.82) is 0 Å². The smallest absolute Gasteiger partial charge is 0.336 e. The maximum Gasteiger partial charge on any atom is 0.336 e. The second-order valence-corrected chi connectivity index (χ2v) is 6.06. The molecule has 0 spiro atoms. The lowest BCUT2D eigenvalue weighted by molar-refractivity contribution is -0.181. The molecule has 0 fully saturated rings. The van der Waals surface area contributed by atoms with Gasteiger partial charge in [0.2, 0.25) is 23.1 Å². The average Bonchev–Trinajstić information content (AvgIpc) is 2.59. The maximum absolute atomic E-state index is 12.9. The number of nitrogens with two attached hydrogens (primary N) is 1. The summed E-state index contributed by atoms with van der Waals surface area (Å²) in [4.78, 5) is 71.3. The molecule has 29 heavy (non-hydrogen) atoms. The molecule has 0 aliphatic carbocycles. The van der Waals surface area contributed by atoms with Gasteiger partial charge in [0.1, 0.15) is 6.04 Å². The lowest BCUT2D eigenvalue weighted by Crippen LogP contribution is -2.83. The molecule has 0 aromatic heterocycles. The largest absolute Gasteiger partial charge is 0.480 e. The zero-order valence-corrected chi connectivity index (χ0v) is 15.8. The molecule has 2 amide bonds. The Bertz CT molecular complexity index is 710. The van der Waals surface area contributed by atoms with Gasteiger partial charge in [-0.15, -0.1) is 0 Å². The van der Waals surface area contributed by atoms with E-state index >= 15 is 0 Å². The van der Waals surface area contributed by atoms with E-state index in [2.05, 4.69) is 0 Å². The Morgan fingerprint density at radius 2 is 1.48 bits per heavy atom. The monoisotopic (exact) mass is 421 g/mol. The lowest BCUT2D eigenvalue weighted by atomic mass is 9.71. The third-order valence-electron chi connectivity index (χ3n) is 3.88. The standard InChI is InChI=1S/C15H23N3O11/c1-6(21)17-9(4-19)10(24)11(29-8(3)23)15(13(27)28,18-7(2)22)14(16,5-20)12(25)26/h9,11,19-20H,4-5,16H2,1-3H3,(H,17,21)(H,18,22)(H,25,26)(H,27,28)/t9?,11?,14-,15?/m0/s1. The normalized spacial score (nSPS) is 16.9. The number of hydrogen-bond acceptors (Lipinski definition) is 10. The predicted octanol–water partition coefficient (Wildman–Crippen LogP) is -4.28. The molecule has 0 aromatic carbocycles. The van der Waals surface area contributed by atoms with E-state index in [9.17, 15) is 49.2 Å². The number of esters is 1. The van der Waals surface area contributed by atoms with Crippen molar-refractivity contribution >= 4 is 35.5 Å². The Kier molecular flexibility index (Phi) is 8.84. The minimum absolute atomic E-state index is 0.741. The molecule has 0 saturated heterocycles. The van der Waals surface area contributed by atoms with Crippen LogP contribution >= 0.6 is 0 Å². The van der Waals surface area contributed by atoms with Gasteiger partial charge in [-0.05, 0) is 0 Å². The molecule has 0 bridgehead atoms. The van der Waals surface area contributed by atoms with Crippen LogP contribution in [0.15, 0.2) is 0 Å². The highest BCUT2D eigenvalue weighted by Gasteiger charge is 2.68. The highest BCUT2D eigenvalue weighted by molar-refractivity contribution is 6.05. The number of carboxylic acid groups (broad SMARTS) is 2. The zero-order valence-electron chi connectivity index (χ0n) is 15.8. The van der Waals surface area contributed by atoms with Gasteiger partial charge >= 0.3 is 17.9 Å². The van der Waals surface area contributed by atoms with Gasteiger partial charge in [-0.2, -0.15) is 0 Å². The molecular weight excluding hydrogens is 398 g/mol. The van der Waals surface area contributed by atoms with E-state index < -0.39 is 71.9 Å². The number of carbonyl (C=O) groups is 6. The first kappa shape index (κ1) is 25.9. The molecule has 4 atom stereocenters. The van der Waals surface area contributed by atoms with Crippen LogP contribution in [0.25, 0.3) is 0 Å². The van der Waals surface area contributed by atoms with Gasteiger partial charge in [0.05, 0.1) is 13.2 Å². The molecular formula is C15H23N3O11. The molecule has 164 valence electrons. The number of aliphatic hydroxyl groups excluding tert-OH is 2. The fraction of sp³-hybridized carbons (Fsp3) is 0.600. The second kappa shape index (κ2) is 9.90. The summed E-state index contributed by atoms with van der Waals surface area (Å²) < 4.78 is 4.70. The summed E-state index contributed by atoms with van der Waals surface area (Å²) in [5, 5.41) is 41.9. The number of hydrogen-bond donors (Lipinski definition) is 7. The number of aliphatic hydroxyl groups is 2. The number of Topliss-reactive ketones (excluding diaryl/α,β-unsaturated/α-hetero) is 1. The molecule has 0 aliphatic heterocycles. The molecule has 0 radical (unpaired) electrons. The fourth-order valence-corrected chi connectivity index (χ4v) is 2.57. The SMILES string of the molecule is CC(=O)NC(CO)C(=O)C(OC(C)=O)C(NC(C)=O)(C(=O)O)[C@](N)(CO)C(=O)O. The average molecular weight is 421 g/mol. The Labute approximate surface area is 164 Å². The minimum Gasteiger partial charge on any atom is -0.480 e. The molecule has 3 unspecified atom stereocenters. The first-order chi connectivity index (χ1) is 13.2. The summed E-state index contributed by atoms with van der Waals surface area (Å²) >= 11 is 0. The second-order valence-electron chi connectivity index (χ2n) is 6.06. The first-order valence-corrected chi connectivity index (χ1v) is 7.95. The van der Waals surface area contributed by atoms with E-state index in [0.29, 0.717) is 0 Å². The van der Waals surface area contributed by atoms with Gasteiger partial charge in [0, 0.05) is 20.8 Å². The minimum atomic E-state index is -3.42. The van der Waals surface area contributed by atoms with E-state index in [-0.39, 0.29) is 0 Å². The predicted molar refractivity (Wildman–Crippen MR) is 91.1 cm³/mol. The molecule has 14 heteroatoms. The third-order valence-corrected chi connectivity index (χ3v) is 3.88. The van der Waals surface area contributed by atoms with Crippen LogP contribution in [0, 0.1) is 0 Å². The molecule has 8 N–H and O–H groups in total. The van der Waals surface area contributed by atoms with Crippen LogP contribution in [0.3, 0.4) is 0 Å². The van der Waals surface area contributed by atoms with Crippen molar-refractivity contribution < 1.29 is 53.9 Å². The molecule has 0 aromatic rings. The van der Waals surface area contributed by atoms with Crippen LogP contribution in [0.1, 0.15) is 20.8 Å². The number of ketones is 1. The van der Waals surface area contributed by atoms with Crippen LogP contribution < -0.4 is 16.4 Å². The van der Waals surface area contributed by atoms with Gasteiger partial charge in [-0.3, -0.25) is 24.0 Å². The zero-order chi connectivity index (χ0) is 23.2. The number of amides is 2. The summed E-state index contributed by atoms with van der Waals surface area (Å²) in [5.41, 5.74) is -1.12. The number of ether oxygens (including phenoxy) is 1. The number of aliphatic carboxylic acids is 2. The number of rotatable bonds is 11. The Balaban J connectivity index is 7.04. The third kappa shape index (κ3) is 5.24. The van der Waals surface area contributed by atoms with Crippen LogP contribution in [0.4, 0.5) is 0 Å². The Hall–Kier alpha value is -3.10. The van der Waals surface area contributed by atoms with Gasteiger partial charge in [-0.25, -0.2) is 4.79 Å². The summed E-state index contributed by atoms with van der Waals surface area (Å²) in [7, 11) is 0. The van der Waals surface area contributed by atoms with Crippen molar-refractivity contribution in [1.82, 2.24) is 10.6 Å². The summed E-state index contributed by atoms with van der Waals surface area (Å²) in [6.45, 7) is -0.276. The number of carbonyl (C=O) groups excluding carboxylic acids is 4. The highest BCUT2D eigenvalue weighted by Crippen LogP contribution is 2.29. The fourth-order valence-electron chi connectivity index (χ4n) is 2.57. The van der Waals surface area contributed by atoms with Crippen molar-refractivity contribution in [3.05, 3.63) is 0 Å². The van der Waals surface area contributed by atoms with Crippen molar-refractivity contribution in [3.63, 3.8) is 0 Å². The van der Waals surface area contributed by atoms with Crippen molar-refractivity contribution in [2.45, 2.75) is 44.0 Å².